The molecule has 3 heterocycles. The minimum absolute atomic E-state index is 0.0852. The number of nitrogens with zero attached hydrogens (tertiary/aromatic N) is 2. The van der Waals surface area contributed by atoms with Gasteiger partial charge in [0.25, 0.3) is 5.69 Å². The number of nitro groups is 1. The lowest BCUT2D eigenvalue weighted by atomic mass is 9.88. The lowest BCUT2D eigenvalue weighted by molar-refractivity contribution is -0.384. The van der Waals surface area contributed by atoms with Crippen LogP contribution in [0, 0.1) is 23.0 Å². The van der Waals surface area contributed by atoms with Gasteiger partial charge in [-0.1, -0.05) is 24.3 Å². The maximum absolute atomic E-state index is 11.0. The van der Waals surface area contributed by atoms with E-state index >= 15 is 0 Å². The SMILES string of the molecule is Cc1oc(-c2ccc([N+](=O)[O-])cc2)c2c1CC1C=CC=CC1N1CCOCC21. The predicted molar refractivity (Wildman–Crippen MR) is 105 cm³/mol. The number of aryl methyl sites for hydroxylation is 1. The summed E-state index contributed by atoms with van der Waals surface area (Å²) < 4.78 is 12.1. The van der Waals surface area contributed by atoms with Crippen molar-refractivity contribution in [3.63, 3.8) is 0 Å². The number of non-ortho nitro benzene ring substituents is 1. The monoisotopic (exact) mass is 378 g/mol. The van der Waals surface area contributed by atoms with E-state index in [1.807, 2.05) is 6.92 Å². The molecule has 0 N–H and O–H groups in total. The van der Waals surface area contributed by atoms with Crippen molar-refractivity contribution in [2.24, 2.45) is 5.92 Å². The summed E-state index contributed by atoms with van der Waals surface area (Å²) >= 11 is 0. The highest BCUT2D eigenvalue weighted by Gasteiger charge is 2.41. The average Bonchev–Trinajstić information content (AvgIpc) is 2.96. The van der Waals surface area contributed by atoms with Crippen LogP contribution in [0.15, 0.2) is 53.0 Å². The normalized spacial score (nSPS) is 26.2. The van der Waals surface area contributed by atoms with Gasteiger partial charge in [0.1, 0.15) is 11.5 Å². The van der Waals surface area contributed by atoms with Crippen LogP contribution in [0.4, 0.5) is 5.69 Å². The number of hydrogen-bond acceptors (Lipinski definition) is 5. The molecule has 3 atom stereocenters. The van der Waals surface area contributed by atoms with Crippen LogP contribution in [0.3, 0.4) is 0 Å². The van der Waals surface area contributed by atoms with Crippen molar-refractivity contribution >= 4 is 5.69 Å². The van der Waals surface area contributed by atoms with Gasteiger partial charge in [-0.2, -0.15) is 0 Å². The van der Waals surface area contributed by atoms with E-state index in [1.54, 1.807) is 12.1 Å². The van der Waals surface area contributed by atoms with Gasteiger partial charge < -0.3 is 9.15 Å². The van der Waals surface area contributed by atoms with Gasteiger partial charge in [0, 0.05) is 41.8 Å². The van der Waals surface area contributed by atoms with Crippen LogP contribution in [0.5, 0.6) is 0 Å². The Morgan fingerprint density at radius 2 is 1.96 bits per heavy atom. The lowest BCUT2D eigenvalue weighted by Crippen LogP contribution is -2.47. The Balaban J connectivity index is 1.64. The van der Waals surface area contributed by atoms with Crippen molar-refractivity contribution in [1.82, 2.24) is 4.90 Å². The van der Waals surface area contributed by atoms with E-state index in [0.29, 0.717) is 18.6 Å². The lowest BCUT2D eigenvalue weighted by Gasteiger charge is -2.41. The standard InChI is InChI=1S/C22H22N2O4/c1-14-18-12-16-4-2-3-5-19(16)23-10-11-27-13-20(23)21(18)22(28-14)15-6-8-17(9-7-15)24(25)26/h2-9,16,19-20H,10-13H2,1H3. The molecule has 2 aromatic rings. The molecule has 0 radical (unpaired) electrons. The third-order valence-corrected chi connectivity index (χ3v) is 6.13. The summed E-state index contributed by atoms with van der Waals surface area (Å²) in [6, 6.07) is 7.12. The van der Waals surface area contributed by atoms with Gasteiger partial charge in [0.2, 0.25) is 0 Å². The molecule has 1 aromatic carbocycles. The number of nitro benzene ring substituents is 1. The second-order valence-electron chi connectivity index (χ2n) is 7.64. The number of ether oxygens (including phenoxy) is 1. The molecule has 28 heavy (non-hydrogen) atoms. The fourth-order valence-corrected chi connectivity index (χ4v) is 4.80. The Kier molecular flexibility index (Phi) is 4.18. The second kappa shape index (κ2) is 6.72. The molecule has 1 fully saturated rings. The summed E-state index contributed by atoms with van der Waals surface area (Å²) in [5.74, 6) is 2.15. The third kappa shape index (κ3) is 2.72. The van der Waals surface area contributed by atoms with Crippen LogP contribution in [0.1, 0.15) is 22.9 Å². The van der Waals surface area contributed by atoms with Crippen LogP contribution >= 0.6 is 0 Å². The molecule has 144 valence electrons. The van der Waals surface area contributed by atoms with Crippen LogP contribution < -0.4 is 0 Å². The van der Waals surface area contributed by atoms with Gasteiger partial charge in [-0.15, -0.1) is 0 Å². The van der Waals surface area contributed by atoms with E-state index in [2.05, 4.69) is 29.2 Å². The van der Waals surface area contributed by atoms with Crippen molar-refractivity contribution in [1.29, 1.82) is 0 Å². The molecule has 0 spiro atoms. The number of fused-ring (bicyclic) bond motifs is 5. The van der Waals surface area contributed by atoms with Gasteiger partial charge in [0.05, 0.1) is 24.2 Å². The molecule has 1 saturated heterocycles. The van der Waals surface area contributed by atoms with E-state index in [0.717, 1.165) is 36.7 Å². The van der Waals surface area contributed by atoms with Crippen LogP contribution in [-0.4, -0.2) is 35.6 Å². The maximum atomic E-state index is 11.0. The minimum atomic E-state index is -0.377. The molecule has 6 heteroatoms. The first-order chi connectivity index (χ1) is 13.6. The Hall–Kier alpha value is -2.70. The number of furan rings is 1. The molecule has 2 aliphatic heterocycles. The fraction of sp³-hybridized carbons (Fsp3) is 0.364. The topological polar surface area (TPSA) is 68.8 Å². The second-order valence-corrected chi connectivity index (χ2v) is 7.64. The Labute approximate surface area is 163 Å². The Morgan fingerprint density at radius 3 is 2.75 bits per heavy atom. The molecule has 6 nitrogen and oxygen atoms in total. The summed E-state index contributed by atoms with van der Waals surface area (Å²) in [6.07, 6.45) is 9.79. The molecular formula is C22H22N2O4. The van der Waals surface area contributed by atoms with Crippen LogP contribution in [0.2, 0.25) is 0 Å². The van der Waals surface area contributed by atoms with Gasteiger partial charge in [0.15, 0.2) is 0 Å². The van der Waals surface area contributed by atoms with E-state index < -0.39 is 0 Å². The van der Waals surface area contributed by atoms with E-state index in [9.17, 15) is 10.1 Å². The third-order valence-electron chi connectivity index (χ3n) is 6.13. The molecular weight excluding hydrogens is 356 g/mol. The Morgan fingerprint density at radius 1 is 1.18 bits per heavy atom. The first-order valence-corrected chi connectivity index (χ1v) is 9.69. The van der Waals surface area contributed by atoms with Crippen molar-refractivity contribution in [2.75, 3.05) is 19.8 Å². The number of allylic oxidation sites excluding steroid dienone is 2. The maximum Gasteiger partial charge on any atom is 0.269 e. The highest BCUT2D eigenvalue weighted by Crippen LogP contribution is 2.45. The van der Waals surface area contributed by atoms with Crippen molar-refractivity contribution in [3.8, 4) is 11.3 Å². The first kappa shape index (κ1) is 17.4. The summed E-state index contributed by atoms with van der Waals surface area (Å²) in [5.41, 5.74) is 3.39. The fourth-order valence-electron chi connectivity index (χ4n) is 4.80. The summed E-state index contributed by atoms with van der Waals surface area (Å²) in [6.45, 7) is 4.26. The first-order valence-electron chi connectivity index (χ1n) is 9.69. The smallest absolute Gasteiger partial charge is 0.269 e. The highest BCUT2D eigenvalue weighted by atomic mass is 16.6. The van der Waals surface area contributed by atoms with E-state index in [4.69, 9.17) is 9.15 Å². The molecule has 1 aromatic heterocycles. The zero-order valence-electron chi connectivity index (χ0n) is 15.7. The summed E-state index contributed by atoms with van der Waals surface area (Å²) in [5, 5.41) is 11.0. The van der Waals surface area contributed by atoms with E-state index in [1.165, 1.54) is 23.3 Å². The predicted octanol–water partition coefficient (Wildman–Crippen LogP) is 4.20. The average molecular weight is 378 g/mol. The molecule has 3 unspecified atom stereocenters. The number of hydrogen-bond donors (Lipinski definition) is 0. The molecule has 0 amide bonds. The van der Waals surface area contributed by atoms with Crippen molar-refractivity contribution in [2.45, 2.75) is 25.4 Å². The molecule has 0 saturated carbocycles. The molecule has 5 rings (SSSR count). The van der Waals surface area contributed by atoms with Gasteiger partial charge in [-0.25, -0.2) is 0 Å². The quantitative estimate of drug-likeness (QED) is 0.579. The number of morpholine rings is 1. The molecule has 3 aliphatic rings. The Bertz CT molecular complexity index is 973. The minimum Gasteiger partial charge on any atom is -0.461 e. The zero-order valence-corrected chi connectivity index (χ0v) is 15.7. The van der Waals surface area contributed by atoms with Crippen molar-refractivity contribution < 1.29 is 14.1 Å². The highest BCUT2D eigenvalue weighted by molar-refractivity contribution is 5.67. The van der Waals surface area contributed by atoms with Crippen LogP contribution in [0.25, 0.3) is 11.3 Å². The van der Waals surface area contributed by atoms with Gasteiger partial charge in [-0.05, 0) is 31.0 Å². The largest absolute Gasteiger partial charge is 0.461 e. The van der Waals surface area contributed by atoms with Gasteiger partial charge >= 0.3 is 0 Å². The zero-order chi connectivity index (χ0) is 19.3. The van der Waals surface area contributed by atoms with E-state index in [-0.39, 0.29) is 16.7 Å². The van der Waals surface area contributed by atoms with Gasteiger partial charge in [-0.3, -0.25) is 15.0 Å². The molecule has 1 aliphatic carbocycles. The summed E-state index contributed by atoms with van der Waals surface area (Å²) in [7, 11) is 0. The van der Waals surface area contributed by atoms with Crippen molar-refractivity contribution in [3.05, 3.63) is 75.6 Å². The molecule has 0 bridgehead atoms. The summed E-state index contributed by atoms with van der Waals surface area (Å²) in [4.78, 5) is 13.2. The number of benzene rings is 1. The van der Waals surface area contributed by atoms with Crippen LogP contribution in [-0.2, 0) is 11.2 Å². The number of rotatable bonds is 2.